The van der Waals surface area contributed by atoms with Crippen molar-refractivity contribution in [2.75, 3.05) is 25.5 Å². The average Bonchev–Trinajstić information content (AvgIpc) is 2.48. The summed E-state index contributed by atoms with van der Waals surface area (Å²) in [4.78, 5) is 16.8. The number of hydrogen-bond acceptors (Lipinski definition) is 4. The topological polar surface area (TPSA) is 63.2 Å². The van der Waals surface area contributed by atoms with Gasteiger partial charge < -0.3 is 15.4 Å². The van der Waals surface area contributed by atoms with Crippen LogP contribution in [0.15, 0.2) is 48.7 Å². The van der Waals surface area contributed by atoms with Gasteiger partial charge in [0.05, 0.1) is 12.5 Å². The maximum atomic E-state index is 12.8. The quantitative estimate of drug-likeness (QED) is 0.894. The zero-order chi connectivity index (χ0) is 14.7. The molecule has 2 heterocycles. The number of ether oxygens (including phenoxy) is 1. The van der Waals surface area contributed by atoms with Crippen molar-refractivity contribution in [1.29, 1.82) is 0 Å². The molecule has 1 saturated heterocycles. The first-order chi connectivity index (χ1) is 10.3. The van der Waals surface area contributed by atoms with Gasteiger partial charge in [-0.25, -0.2) is 4.98 Å². The second-order valence-electron chi connectivity index (χ2n) is 5.07. The van der Waals surface area contributed by atoms with Crippen LogP contribution in [-0.2, 0) is 10.2 Å². The van der Waals surface area contributed by atoms with Gasteiger partial charge in [0.2, 0.25) is 11.8 Å². The summed E-state index contributed by atoms with van der Waals surface area (Å²) in [6.45, 7) is 1.26. The van der Waals surface area contributed by atoms with Crippen LogP contribution in [0.3, 0.4) is 0 Å². The largest absolute Gasteiger partial charge is 0.480 e. The number of carbonyl (C=O) groups is 1. The van der Waals surface area contributed by atoms with E-state index in [9.17, 15) is 4.79 Å². The van der Waals surface area contributed by atoms with E-state index in [4.69, 9.17) is 4.74 Å². The Balaban J connectivity index is 1.87. The Morgan fingerprint density at radius 3 is 2.62 bits per heavy atom. The molecule has 5 nitrogen and oxygen atoms in total. The van der Waals surface area contributed by atoms with Crippen molar-refractivity contribution >= 4 is 11.6 Å². The second kappa shape index (κ2) is 5.54. The molecule has 1 aliphatic heterocycles. The summed E-state index contributed by atoms with van der Waals surface area (Å²) in [5.41, 5.74) is 1.08. The zero-order valence-electron chi connectivity index (χ0n) is 11.8. The summed E-state index contributed by atoms with van der Waals surface area (Å²) in [7, 11) is 1.54. The molecule has 2 N–H and O–H groups in total. The van der Waals surface area contributed by atoms with E-state index in [0.29, 0.717) is 24.7 Å². The van der Waals surface area contributed by atoms with Crippen LogP contribution in [0, 0.1) is 0 Å². The second-order valence-corrected chi connectivity index (χ2v) is 5.07. The molecule has 108 valence electrons. The molecule has 0 atom stereocenters. The van der Waals surface area contributed by atoms with Crippen molar-refractivity contribution < 1.29 is 9.53 Å². The minimum absolute atomic E-state index is 0.0428. The molecular formula is C16H17N3O2. The number of pyridine rings is 1. The molecule has 2 aromatic rings. The molecule has 0 unspecified atom stereocenters. The third-order valence-corrected chi connectivity index (χ3v) is 3.83. The Kier molecular flexibility index (Phi) is 3.58. The first kappa shape index (κ1) is 13.6. The van der Waals surface area contributed by atoms with E-state index in [1.807, 2.05) is 30.3 Å². The average molecular weight is 283 g/mol. The highest BCUT2D eigenvalue weighted by Gasteiger charge is 2.45. The lowest BCUT2D eigenvalue weighted by Gasteiger charge is -2.41. The molecule has 1 aromatic heterocycles. The van der Waals surface area contributed by atoms with Crippen LogP contribution in [0.2, 0.25) is 0 Å². The van der Waals surface area contributed by atoms with Gasteiger partial charge in [0, 0.05) is 19.3 Å². The molecule has 0 bridgehead atoms. The van der Waals surface area contributed by atoms with Crippen LogP contribution in [0.25, 0.3) is 0 Å². The van der Waals surface area contributed by atoms with Crippen molar-refractivity contribution in [3.05, 3.63) is 54.2 Å². The van der Waals surface area contributed by atoms with Crippen LogP contribution in [0.4, 0.5) is 5.69 Å². The number of aromatic nitrogens is 1. The van der Waals surface area contributed by atoms with E-state index < -0.39 is 5.41 Å². The Morgan fingerprint density at radius 1 is 1.24 bits per heavy atom. The smallest absolute Gasteiger partial charge is 0.237 e. The predicted molar refractivity (Wildman–Crippen MR) is 80.4 cm³/mol. The molecule has 5 heteroatoms. The molecule has 0 spiro atoms. The minimum atomic E-state index is -0.526. The molecule has 3 rings (SSSR count). The molecule has 1 aromatic carbocycles. The number of anilines is 1. The first-order valence-corrected chi connectivity index (χ1v) is 6.83. The molecule has 21 heavy (non-hydrogen) atoms. The lowest BCUT2D eigenvalue weighted by molar-refractivity contribution is -0.123. The van der Waals surface area contributed by atoms with Crippen LogP contribution >= 0.6 is 0 Å². The minimum Gasteiger partial charge on any atom is -0.480 e. The highest BCUT2D eigenvalue weighted by Crippen LogP contribution is 2.31. The van der Waals surface area contributed by atoms with Crippen molar-refractivity contribution in [1.82, 2.24) is 10.3 Å². The SMILES string of the molecule is COc1ncccc1NC(=O)C1(c2ccccc2)CNC1. The van der Waals surface area contributed by atoms with E-state index in [0.717, 1.165) is 5.56 Å². The summed E-state index contributed by atoms with van der Waals surface area (Å²) < 4.78 is 5.17. The molecule has 1 amide bonds. The van der Waals surface area contributed by atoms with Gasteiger partial charge in [0.15, 0.2) is 0 Å². The van der Waals surface area contributed by atoms with Gasteiger partial charge in [-0.05, 0) is 17.7 Å². The van der Waals surface area contributed by atoms with E-state index >= 15 is 0 Å². The van der Waals surface area contributed by atoms with Gasteiger partial charge in [-0.3, -0.25) is 4.79 Å². The molecule has 1 aliphatic rings. The third-order valence-electron chi connectivity index (χ3n) is 3.83. The monoisotopic (exact) mass is 283 g/mol. The Labute approximate surface area is 123 Å². The molecule has 0 saturated carbocycles. The maximum absolute atomic E-state index is 12.8. The fraction of sp³-hybridized carbons (Fsp3) is 0.250. The summed E-state index contributed by atoms with van der Waals surface area (Å²) in [6.07, 6.45) is 1.63. The van der Waals surface area contributed by atoms with E-state index in [-0.39, 0.29) is 5.91 Å². The van der Waals surface area contributed by atoms with Gasteiger partial charge >= 0.3 is 0 Å². The van der Waals surface area contributed by atoms with Gasteiger partial charge in [0.25, 0.3) is 0 Å². The first-order valence-electron chi connectivity index (χ1n) is 6.83. The summed E-state index contributed by atoms with van der Waals surface area (Å²) >= 11 is 0. The summed E-state index contributed by atoms with van der Waals surface area (Å²) in [6, 6.07) is 13.4. The van der Waals surface area contributed by atoms with Crippen molar-refractivity contribution in [2.45, 2.75) is 5.41 Å². The Morgan fingerprint density at radius 2 is 2.00 bits per heavy atom. The van der Waals surface area contributed by atoms with Gasteiger partial charge in [-0.15, -0.1) is 0 Å². The van der Waals surface area contributed by atoms with Gasteiger partial charge in [-0.1, -0.05) is 30.3 Å². The summed E-state index contributed by atoms with van der Waals surface area (Å²) in [5, 5.41) is 6.12. The van der Waals surface area contributed by atoms with Crippen molar-refractivity contribution in [3.63, 3.8) is 0 Å². The zero-order valence-corrected chi connectivity index (χ0v) is 11.8. The fourth-order valence-electron chi connectivity index (χ4n) is 2.52. The molecule has 1 fully saturated rings. The standard InChI is InChI=1S/C16H17N3O2/c1-21-14-13(8-5-9-18-14)19-15(20)16(10-17-11-16)12-6-3-2-4-7-12/h2-9,17H,10-11H2,1H3,(H,19,20). The number of carbonyl (C=O) groups excluding carboxylic acids is 1. The lowest BCUT2D eigenvalue weighted by atomic mass is 9.74. The van der Waals surface area contributed by atoms with Crippen LogP contribution < -0.4 is 15.4 Å². The number of methoxy groups -OCH3 is 1. The lowest BCUT2D eigenvalue weighted by Crippen LogP contribution is -2.63. The number of amides is 1. The van der Waals surface area contributed by atoms with Crippen molar-refractivity contribution in [3.8, 4) is 5.88 Å². The number of nitrogens with zero attached hydrogens (tertiary/aromatic N) is 1. The van der Waals surface area contributed by atoms with Crippen molar-refractivity contribution in [2.24, 2.45) is 0 Å². The van der Waals surface area contributed by atoms with E-state index in [2.05, 4.69) is 15.6 Å². The highest BCUT2D eigenvalue weighted by molar-refractivity contribution is 6.01. The highest BCUT2D eigenvalue weighted by atomic mass is 16.5. The number of benzene rings is 1. The molecular weight excluding hydrogens is 266 g/mol. The number of hydrogen-bond donors (Lipinski definition) is 2. The maximum Gasteiger partial charge on any atom is 0.237 e. The van der Waals surface area contributed by atoms with Gasteiger partial charge in [0.1, 0.15) is 5.69 Å². The van der Waals surface area contributed by atoms with Gasteiger partial charge in [-0.2, -0.15) is 0 Å². The number of rotatable bonds is 4. The van der Waals surface area contributed by atoms with Crippen LogP contribution in [0.5, 0.6) is 5.88 Å². The molecule has 0 aliphatic carbocycles. The summed E-state index contributed by atoms with van der Waals surface area (Å²) in [5.74, 6) is 0.375. The van der Waals surface area contributed by atoms with Crippen LogP contribution in [0.1, 0.15) is 5.56 Å². The normalized spacial score (nSPS) is 15.9. The molecule has 0 radical (unpaired) electrons. The van der Waals surface area contributed by atoms with E-state index in [1.54, 1.807) is 18.3 Å². The number of nitrogens with one attached hydrogen (secondary N) is 2. The third kappa shape index (κ3) is 2.36. The van der Waals surface area contributed by atoms with E-state index in [1.165, 1.54) is 7.11 Å². The fourth-order valence-corrected chi connectivity index (χ4v) is 2.52. The predicted octanol–water partition coefficient (Wildman–Crippen LogP) is 1.57. The Hall–Kier alpha value is -2.40. The Bertz CT molecular complexity index is 639. The van der Waals surface area contributed by atoms with Crippen LogP contribution in [-0.4, -0.2) is 31.1 Å².